The number of aryl methyl sites for hydroxylation is 1. The quantitative estimate of drug-likeness (QED) is 0.421. The molecule has 1 saturated carbocycles. The van der Waals surface area contributed by atoms with Crippen LogP contribution in [0.3, 0.4) is 0 Å². The molecule has 26 heavy (non-hydrogen) atoms. The van der Waals surface area contributed by atoms with Crippen molar-refractivity contribution in [1.29, 1.82) is 0 Å². The highest BCUT2D eigenvalue weighted by atomic mass is 16.5. The Bertz CT molecular complexity index is 591. The predicted octanol–water partition coefficient (Wildman–Crippen LogP) is 2.27. The van der Waals surface area contributed by atoms with E-state index in [2.05, 4.69) is 37.3 Å². The fourth-order valence-electron chi connectivity index (χ4n) is 4.23. The number of guanidine groups is 1. The molecule has 0 radical (unpaired) electrons. The second-order valence-corrected chi connectivity index (χ2v) is 7.57. The molecule has 0 unspecified atom stereocenters. The van der Waals surface area contributed by atoms with E-state index in [4.69, 9.17) is 4.74 Å². The van der Waals surface area contributed by atoms with Crippen LogP contribution in [0.1, 0.15) is 63.5 Å². The highest BCUT2D eigenvalue weighted by Crippen LogP contribution is 2.40. The summed E-state index contributed by atoms with van der Waals surface area (Å²) in [5.41, 5.74) is 0.348. The van der Waals surface area contributed by atoms with Crippen molar-refractivity contribution in [2.45, 2.75) is 71.4 Å². The number of nitrogens with zero attached hydrogens (tertiary/aromatic N) is 4. The molecule has 3 rings (SSSR count). The van der Waals surface area contributed by atoms with Gasteiger partial charge in [-0.15, -0.1) is 10.2 Å². The molecular weight excluding hydrogens is 328 g/mol. The van der Waals surface area contributed by atoms with Gasteiger partial charge in [-0.2, -0.15) is 0 Å². The third-order valence-electron chi connectivity index (χ3n) is 5.85. The Balaban J connectivity index is 1.50. The van der Waals surface area contributed by atoms with Gasteiger partial charge in [0.1, 0.15) is 5.82 Å². The molecular formula is C19H34N6O. The van der Waals surface area contributed by atoms with E-state index in [1.165, 1.54) is 38.5 Å². The zero-order valence-corrected chi connectivity index (χ0v) is 16.4. The van der Waals surface area contributed by atoms with Crippen molar-refractivity contribution in [2.24, 2.45) is 10.4 Å². The number of aliphatic imine (C=N–C) groups is 1. The number of ether oxygens (including phenoxy) is 1. The minimum Gasteiger partial charge on any atom is -0.382 e. The van der Waals surface area contributed by atoms with Gasteiger partial charge in [-0.3, -0.25) is 4.99 Å². The molecule has 2 N–H and O–H groups in total. The Hall–Kier alpha value is -1.63. The fraction of sp³-hybridized carbons (Fsp3) is 0.842. The van der Waals surface area contributed by atoms with Crippen LogP contribution in [-0.2, 0) is 24.2 Å². The summed E-state index contributed by atoms with van der Waals surface area (Å²) in [6.45, 7) is 6.38. The Morgan fingerprint density at radius 3 is 2.81 bits per heavy atom. The fourth-order valence-corrected chi connectivity index (χ4v) is 4.23. The van der Waals surface area contributed by atoms with Crippen molar-refractivity contribution in [2.75, 3.05) is 26.8 Å². The lowest BCUT2D eigenvalue weighted by molar-refractivity contribution is 0.105. The molecule has 2 heterocycles. The maximum atomic E-state index is 5.61. The summed E-state index contributed by atoms with van der Waals surface area (Å²) < 4.78 is 7.87. The number of aromatic nitrogens is 3. The minimum atomic E-state index is 0.348. The molecule has 1 aliphatic heterocycles. The van der Waals surface area contributed by atoms with Crippen LogP contribution in [-0.4, -0.2) is 47.5 Å². The molecule has 1 aromatic heterocycles. The summed E-state index contributed by atoms with van der Waals surface area (Å²) in [6.07, 6.45) is 9.82. The highest BCUT2D eigenvalue weighted by molar-refractivity contribution is 5.79. The first kappa shape index (κ1) is 19.1. The van der Waals surface area contributed by atoms with Crippen molar-refractivity contribution in [3.05, 3.63) is 11.6 Å². The molecule has 0 spiro atoms. The molecule has 7 heteroatoms. The second-order valence-electron chi connectivity index (χ2n) is 7.57. The Morgan fingerprint density at radius 2 is 2.04 bits per heavy atom. The first-order valence-corrected chi connectivity index (χ1v) is 10.2. The van der Waals surface area contributed by atoms with Crippen molar-refractivity contribution < 1.29 is 4.74 Å². The van der Waals surface area contributed by atoms with Crippen LogP contribution >= 0.6 is 0 Å². The molecule has 0 aromatic carbocycles. The Labute approximate surface area is 157 Å². The summed E-state index contributed by atoms with van der Waals surface area (Å²) in [7, 11) is 1.83. The molecule has 2 aliphatic rings. The molecule has 1 aromatic rings. The smallest absolute Gasteiger partial charge is 0.191 e. The summed E-state index contributed by atoms with van der Waals surface area (Å²) in [6, 6.07) is 0. The van der Waals surface area contributed by atoms with Gasteiger partial charge in [0, 0.05) is 39.8 Å². The minimum absolute atomic E-state index is 0.348. The lowest BCUT2D eigenvalue weighted by Crippen LogP contribution is -2.43. The average molecular weight is 363 g/mol. The van der Waals surface area contributed by atoms with Crippen molar-refractivity contribution in [1.82, 2.24) is 25.4 Å². The van der Waals surface area contributed by atoms with Gasteiger partial charge < -0.3 is 19.9 Å². The van der Waals surface area contributed by atoms with Gasteiger partial charge in [-0.25, -0.2) is 0 Å². The molecule has 0 saturated heterocycles. The lowest BCUT2D eigenvalue weighted by Gasteiger charge is -2.30. The SMILES string of the molecule is CCOCCC1(CNC(=NC)NCc2nnc3n2CCCC3)CCCC1. The molecule has 146 valence electrons. The van der Waals surface area contributed by atoms with E-state index in [1.807, 2.05) is 7.05 Å². The van der Waals surface area contributed by atoms with Crippen LogP contribution in [0.5, 0.6) is 0 Å². The van der Waals surface area contributed by atoms with Gasteiger partial charge in [0.15, 0.2) is 11.8 Å². The standard InChI is InChI=1S/C19H34N6O/c1-3-26-13-11-19(9-5-6-10-19)15-22-18(20-2)21-14-17-24-23-16-8-4-7-12-25(16)17/h3-15H2,1-2H3,(H2,20,21,22). The highest BCUT2D eigenvalue weighted by Gasteiger charge is 2.33. The van der Waals surface area contributed by atoms with E-state index < -0.39 is 0 Å². The van der Waals surface area contributed by atoms with E-state index >= 15 is 0 Å². The molecule has 0 amide bonds. The number of hydrogen-bond donors (Lipinski definition) is 2. The Kier molecular flexibility index (Phi) is 6.88. The van der Waals surface area contributed by atoms with E-state index in [1.54, 1.807) is 0 Å². The number of nitrogens with one attached hydrogen (secondary N) is 2. The number of fused-ring (bicyclic) bond motifs is 1. The summed E-state index contributed by atoms with van der Waals surface area (Å²) in [4.78, 5) is 4.39. The summed E-state index contributed by atoms with van der Waals surface area (Å²) in [5.74, 6) is 2.98. The van der Waals surface area contributed by atoms with Crippen LogP contribution in [0.4, 0.5) is 0 Å². The zero-order valence-electron chi connectivity index (χ0n) is 16.4. The first-order valence-electron chi connectivity index (χ1n) is 10.2. The Morgan fingerprint density at radius 1 is 1.19 bits per heavy atom. The third kappa shape index (κ3) is 4.75. The second kappa shape index (κ2) is 9.35. The number of hydrogen-bond acceptors (Lipinski definition) is 4. The lowest BCUT2D eigenvalue weighted by atomic mass is 9.83. The summed E-state index contributed by atoms with van der Waals surface area (Å²) >= 11 is 0. The molecule has 1 fully saturated rings. The van der Waals surface area contributed by atoms with Gasteiger partial charge in [-0.05, 0) is 44.4 Å². The average Bonchev–Trinajstić information content (AvgIpc) is 3.30. The molecule has 0 atom stereocenters. The van der Waals surface area contributed by atoms with Gasteiger partial charge in [0.2, 0.25) is 0 Å². The van der Waals surface area contributed by atoms with Gasteiger partial charge in [0.05, 0.1) is 6.54 Å². The zero-order chi connectivity index (χ0) is 18.2. The predicted molar refractivity (Wildman–Crippen MR) is 103 cm³/mol. The van der Waals surface area contributed by atoms with Crippen LogP contribution in [0, 0.1) is 5.41 Å². The van der Waals surface area contributed by atoms with Crippen LogP contribution in [0.2, 0.25) is 0 Å². The normalized spacial score (nSPS) is 19.4. The monoisotopic (exact) mass is 362 g/mol. The maximum Gasteiger partial charge on any atom is 0.191 e. The van der Waals surface area contributed by atoms with E-state index in [9.17, 15) is 0 Å². The van der Waals surface area contributed by atoms with E-state index in [0.717, 1.165) is 56.8 Å². The van der Waals surface area contributed by atoms with E-state index in [-0.39, 0.29) is 0 Å². The van der Waals surface area contributed by atoms with Gasteiger partial charge >= 0.3 is 0 Å². The van der Waals surface area contributed by atoms with Gasteiger partial charge in [0.25, 0.3) is 0 Å². The van der Waals surface area contributed by atoms with Gasteiger partial charge in [-0.1, -0.05) is 12.8 Å². The van der Waals surface area contributed by atoms with Crippen molar-refractivity contribution in [3.63, 3.8) is 0 Å². The number of rotatable bonds is 8. The topological polar surface area (TPSA) is 76.4 Å². The van der Waals surface area contributed by atoms with E-state index in [0.29, 0.717) is 12.0 Å². The summed E-state index contributed by atoms with van der Waals surface area (Å²) in [5, 5.41) is 15.6. The van der Waals surface area contributed by atoms with Crippen LogP contribution < -0.4 is 10.6 Å². The maximum absolute atomic E-state index is 5.61. The van der Waals surface area contributed by atoms with Crippen molar-refractivity contribution in [3.8, 4) is 0 Å². The first-order chi connectivity index (χ1) is 12.8. The van der Waals surface area contributed by atoms with Crippen molar-refractivity contribution >= 4 is 5.96 Å². The molecule has 7 nitrogen and oxygen atoms in total. The van der Waals surface area contributed by atoms with Crippen LogP contribution in [0.15, 0.2) is 4.99 Å². The molecule has 0 bridgehead atoms. The molecule has 1 aliphatic carbocycles. The largest absolute Gasteiger partial charge is 0.382 e. The third-order valence-corrected chi connectivity index (χ3v) is 5.85. The van der Waals surface area contributed by atoms with Crippen LogP contribution in [0.25, 0.3) is 0 Å².